The van der Waals surface area contributed by atoms with E-state index in [1.54, 1.807) is 0 Å². The summed E-state index contributed by atoms with van der Waals surface area (Å²) in [4.78, 5) is 10.3. The number of aliphatic carboxylic acids is 1. The van der Waals surface area contributed by atoms with Crippen LogP contribution in [0.1, 0.15) is 84.0 Å². The van der Waals surface area contributed by atoms with Gasteiger partial charge in [-0.3, -0.25) is 4.79 Å². The minimum absolute atomic E-state index is 0.317. The third-order valence-corrected chi connectivity index (χ3v) is 3.56. The average molecular weight is 306 g/mol. The number of hydrogen-bond acceptors (Lipinski definition) is 1. The second kappa shape index (κ2) is 17.7. The Morgan fingerprint density at radius 3 is 2.18 bits per heavy atom. The first-order valence-corrected chi connectivity index (χ1v) is 8.95. The van der Waals surface area contributed by atoms with Gasteiger partial charge in [-0.05, 0) is 38.5 Å². The summed E-state index contributed by atoms with van der Waals surface area (Å²) in [5.41, 5.74) is 0. The van der Waals surface area contributed by atoms with E-state index in [2.05, 4.69) is 43.4 Å². The van der Waals surface area contributed by atoms with Gasteiger partial charge in [0.15, 0.2) is 0 Å². The maximum Gasteiger partial charge on any atom is 0.303 e. The van der Waals surface area contributed by atoms with Crippen molar-refractivity contribution >= 4 is 5.97 Å². The molecular weight excluding hydrogens is 272 g/mol. The predicted molar refractivity (Wildman–Crippen MR) is 96.1 cm³/mol. The topological polar surface area (TPSA) is 37.3 Å². The summed E-state index contributed by atoms with van der Waals surface area (Å²) in [5, 5.41) is 8.52. The number of carboxylic acids is 1. The maximum atomic E-state index is 10.3. The quantitative estimate of drug-likeness (QED) is 0.215. The average Bonchev–Trinajstić information content (AvgIpc) is 2.50. The molecule has 0 aliphatic heterocycles. The molecule has 0 heterocycles. The van der Waals surface area contributed by atoms with Gasteiger partial charge in [0.2, 0.25) is 0 Å². The highest BCUT2D eigenvalue weighted by Crippen LogP contribution is 2.07. The fraction of sp³-hybridized carbons (Fsp3) is 0.650. The first-order chi connectivity index (χ1) is 10.8. The summed E-state index contributed by atoms with van der Waals surface area (Å²) in [6.45, 7) is 2.23. The third-order valence-electron chi connectivity index (χ3n) is 3.56. The molecule has 0 atom stereocenters. The molecule has 0 radical (unpaired) electrons. The zero-order valence-corrected chi connectivity index (χ0v) is 14.3. The van der Waals surface area contributed by atoms with E-state index in [0.29, 0.717) is 6.42 Å². The smallest absolute Gasteiger partial charge is 0.303 e. The molecular formula is C20H34O2. The van der Waals surface area contributed by atoms with Gasteiger partial charge in [0.1, 0.15) is 0 Å². The van der Waals surface area contributed by atoms with Gasteiger partial charge < -0.3 is 5.11 Å². The Kier molecular flexibility index (Phi) is 16.7. The fourth-order valence-electron chi connectivity index (χ4n) is 2.21. The Hall–Kier alpha value is -1.31. The van der Waals surface area contributed by atoms with E-state index in [9.17, 15) is 4.79 Å². The Balaban J connectivity index is 3.29. The first kappa shape index (κ1) is 20.7. The van der Waals surface area contributed by atoms with Crippen molar-refractivity contribution in [1.82, 2.24) is 0 Å². The molecule has 0 amide bonds. The molecule has 126 valence electrons. The van der Waals surface area contributed by atoms with Crippen molar-refractivity contribution in [2.45, 2.75) is 84.0 Å². The Morgan fingerprint density at radius 2 is 1.41 bits per heavy atom. The molecule has 0 aromatic rings. The minimum atomic E-state index is -0.675. The number of hydrogen-bond donors (Lipinski definition) is 1. The van der Waals surface area contributed by atoms with Crippen molar-refractivity contribution in [3.05, 3.63) is 36.5 Å². The highest BCUT2D eigenvalue weighted by Gasteiger charge is 1.95. The van der Waals surface area contributed by atoms with Crippen molar-refractivity contribution in [3.8, 4) is 0 Å². The monoisotopic (exact) mass is 306 g/mol. The van der Waals surface area contributed by atoms with Crippen LogP contribution in [0.2, 0.25) is 0 Å². The van der Waals surface area contributed by atoms with E-state index >= 15 is 0 Å². The molecule has 0 rings (SSSR count). The molecule has 2 heteroatoms. The minimum Gasteiger partial charge on any atom is -0.481 e. The lowest BCUT2D eigenvalue weighted by Gasteiger charge is -1.97. The van der Waals surface area contributed by atoms with Gasteiger partial charge in [0, 0.05) is 6.42 Å². The highest BCUT2D eigenvalue weighted by molar-refractivity contribution is 5.66. The van der Waals surface area contributed by atoms with Crippen molar-refractivity contribution in [2.24, 2.45) is 0 Å². The van der Waals surface area contributed by atoms with Gasteiger partial charge in [-0.15, -0.1) is 0 Å². The van der Waals surface area contributed by atoms with Crippen LogP contribution in [0.25, 0.3) is 0 Å². The summed E-state index contributed by atoms with van der Waals surface area (Å²) in [6.07, 6.45) is 26.2. The number of allylic oxidation sites excluding steroid dienone is 6. The molecule has 22 heavy (non-hydrogen) atoms. The third kappa shape index (κ3) is 18.7. The molecule has 2 nitrogen and oxygen atoms in total. The first-order valence-electron chi connectivity index (χ1n) is 8.95. The largest absolute Gasteiger partial charge is 0.481 e. The van der Waals surface area contributed by atoms with E-state index in [0.717, 1.165) is 32.1 Å². The fourth-order valence-corrected chi connectivity index (χ4v) is 2.21. The lowest BCUT2D eigenvalue weighted by atomic mass is 10.1. The molecule has 0 fully saturated rings. The van der Waals surface area contributed by atoms with Crippen LogP contribution in [0.15, 0.2) is 36.5 Å². The standard InChI is InChI=1S/C20H34O2/c1-2-3-4-5-6-7-8-9-10-11-12-13-14-15-16-17-18-19-20(21)22/h6-7,9-12H,2-5,8,13-19H2,1H3,(H,21,22)/b7-6-,10-9-,12-11-. The molecule has 0 saturated heterocycles. The Morgan fingerprint density at radius 1 is 0.773 bits per heavy atom. The van der Waals surface area contributed by atoms with Crippen LogP contribution in [0, 0.1) is 0 Å². The van der Waals surface area contributed by atoms with Gasteiger partial charge in [-0.25, -0.2) is 0 Å². The van der Waals surface area contributed by atoms with Crippen molar-refractivity contribution in [3.63, 3.8) is 0 Å². The van der Waals surface area contributed by atoms with Gasteiger partial charge in [-0.1, -0.05) is 75.5 Å². The maximum absolute atomic E-state index is 10.3. The second-order valence-electron chi connectivity index (χ2n) is 5.76. The van der Waals surface area contributed by atoms with Crippen LogP contribution >= 0.6 is 0 Å². The van der Waals surface area contributed by atoms with Crippen LogP contribution in [0.5, 0.6) is 0 Å². The zero-order chi connectivity index (χ0) is 16.3. The molecule has 1 N–H and O–H groups in total. The molecule has 0 saturated carbocycles. The summed E-state index contributed by atoms with van der Waals surface area (Å²) < 4.78 is 0. The Bertz CT molecular complexity index is 327. The van der Waals surface area contributed by atoms with Crippen LogP contribution in [-0.2, 0) is 4.79 Å². The number of rotatable bonds is 15. The van der Waals surface area contributed by atoms with E-state index in [-0.39, 0.29) is 0 Å². The van der Waals surface area contributed by atoms with E-state index in [1.165, 1.54) is 38.5 Å². The number of unbranched alkanes of at least 4 members (excludes halogenated alkanes) is 8. The Labute approximate surface area is 137 Å². The molecule has 0 aliphatic rings. The molecule has 0 aliphatic carbocycles. The van der Waals surface area contributed by atoms with Gasteiger partial charge in [-0.2, -0.15) is 0 Å². The van der Waals surface area contributed by atoms with Gasteiger partial charge in [0.05, 0.1) is 0 Å². The van der Waals surface area contributed by atoms with Gasteiger partial charge >= 0.3 is 5.97 Å². The van der Waals surface area contributed by atoms with Crippen LogP contribution in [-0.4, -0.2) is 11.1 Å². The molecule has 0 bridgehead atoms. The van der Waals surface area contributed by atoms with E-state index in [1.807, 2.05) is 0 Å². The zero-order valence-electron chi connectivity index (χ0n) is 14.3. The van der Waals surface area contributed by atoms with Crippen molar-refractivity contribution in [2.75, 3.05) is 0 Å². The van der Waals surface area contributed by atoms with Crippen molar-refractivity contribution < 1.29 is 9.90 Å². The van der Waals surface area contributed by atoms with Crippen LogP contribution in [0.3, 0.4) is 0 Å². The molecule has 0 aromatic carbocycles. The summed E-state index contributed by atoms with van der Waals surface area (Å²) in [5.74, 6) is -0.675. The lowest BCUT2D eigenvalue weighted by molar-refractivity contribution is -0.137. The predicted octanol–water partition coefficient (Wildman–Crippen LogP) is 6.44. The molecule has 0 spiro atoms. The number of carboxylic acid groups (broad SMARTS) is 1. The van der Waals surface area contributed by atoms with E-state index in [4.69, 9.17) is 5.11 Å². The van der Waals surface area contributed by atoms with E-state index < -0.39 is 5.97 Å². The highest BCUT2D eigenvalue weighted by atomic mass is 16.4. The SMILES string of the molecule is CCCCC/C=C\C/C=C\C=C/CCCCCCCC(=O)O. The van der Waals surface area contributed by atoms with Crippen molar-refractivity contribution in [1.29, 1.82) is 0 Å². The normalized spacial score (nSPS) is 12.0. The van der Waals surface area contributed by atoms with Gasteiger partial charge in [0.25, 0.3) is 0 Å². The summed E-state index contributed by atoms with van der Waals surface area (Å²) in [7, 11) is 0. The van der Waals surface area contributed by atoms with Crippen LogP contribution in [0.4, 0.5) is 0 Å². The number of carbonyl (C=O) groups is 1. The summed E-state index contributed by atoms with van der Waals surface area (Å²) in [6, 6.07) is 0. The molecule has 0 aromatic heterocycles. The van der Waals surface area contributed by atoms with Crippen LogP contribution < -0.4 is 0 Å². The second-order valence-corrected chi connectivity index (χ2v) is 5.76. The lowest BCUT2D eigenvalue weighted by Crippen LogP contribution is -1.93. The summed E-state index contributed by atoms with van der Waals surface area (Å²) >= 11 is 0. The molecule has 0 unspecified atom stereocenters.